The molecule has 1 aromatic carbocycles. The highest BCUT2D eigenvalue weighted by atomic mass is 19.4. The van der Waals surface area contributed by atoms with Crippen molar-refractivity contribution in [3.63, 3.8) is 0 Å². The van der Waals surface area contributed by atoms with Crippen molar-refractivity contribution >= 4 is 5.97 Å². The van der Waals surface area contributed by atoms with Gasteiger partial charge < -0.3 is 14.9 Å². The van der Waals surface area contributed by atoms with Crippen molar-refractivity contribution in [3.8, 4) is 5.75 Å². The standard InChI is InChI=1S/C17H23F3O4/c1-5-9-15(3,10-16(23,14(21)22)17(18,19)20)12-8-6-7-11(2)13(12)24-4/h6-8,23H,5,9-10H2,1-4H3,(H,21,22). The molecule has 1 rings (SSSR count). The number of alkyl halides is 3. The third-order valence-corrected chi connectivity index (χ3v) is 4.34. The van der Waals surface area contributed by atoms with E-state index in [4.69, 9.17) is 9.84 Å². The minimum Gasteiger partial charge on any atom is -0.496 e. The molecule has 0 saturated carbocycles. The van der Waals surface area contributed by atoms with Gasteiger partial charge in [0.05, 0.1) is 7.11 Å². The van der Waals surface area contributed by atoms with Crippen LogP contribution in [0.25, 0.3) is 0 Å². The molecule has 2 atom stereocenters. The number of benzene rings is 1. The van der Waals surface area contributed by atoms with Gasteiger partial charge in [-0.3, -0.25) is 0 Å². The van der Waals surface area contributed by atoms with E-state index in [2.05, 4.69) is 0 Å². The zero-order chi connectivity index (χ0) is 18.8. The third-order valence-electron chi connectivity index (χ3n) is 4.34. The summed E-state index contributed by atoms with van der Waals surface area (Å²) in [5.41, 5.74) is -3.88. The van der Waals surface area contributed by atoms with Gasteiger partial charge in [0.2, 0.25) is 0 Å². The molecule has 0 amide bonds. The summed E-state index contributed by atoms with van der Waals surface area (Å²) >= 11 is 0. The number of para-hydroxylation sites is 1. The zero-order valence-corrected chi connectivity index (χ0v) is 14.2. The van der Waals surface area contributed by atoms with Crippen LogP contribution in [0.4, 0.5) is 13.2 Å². The second-order valence-electron chi connectivity index (χ2n) is 6.31. The van der Waals surface area contributed by atoms with E-state index in [1.54, 1.807) is 32.0 Å². The van der Waals surface area contributed by atoms with Crippen molar-refractivity contribution < 1.29 is 32.9 Å². The number of aliphatic hydroxyl groups is 1. The number of hydrogen-bond donors (Lipinski definition) is 2. The molecule has 4 nitrogen and oxygen atoms in total. The Hall–Kier alpha value is -1.76. The Morgan fingerprint density at radius 1 is 1.29 bits per heavy atom. The van der Waals surface area contributed by atoms with E-state index in [-0.39, 0.29) is 6.42 Å². The SMILES string of the molecule is CCCC(C)(CC(O)(C(=O)O)C(F)(F)F)c1cccc(C)c1OC. The molecule has 0 aliphatic rings. The lowest BCUT2D eigenvalue weighted by Crippen LogP contribution is -2.55. The lowest BCUT2D eigenvalue weighted by Gasteiger charge is -2.38. The van der Waals surface area contributed by atoms with E-state index >= 15 is 0 Å². The summed E-state index contributed by atoms with van der Waals surface area (Å²) < 4.78 is 45.0. The minimum atomic E-state index is -5.29. The van der Waals surface area contributed by atoms with E-state index in [9.17, 15) is 23.1 Å². The molecule has 1 aromatic rings. The lowest BCUT2D eigenvalue weighted by molar-refractivity contribution is -0.266. The maximum absolute atomic E-state index is 13.2. The molecule has 0 aliphatic heterocycles. The summed E-state index contributed by atoms with van der Waals surface area (Å²) in [6, 6.07) is 5.04. The first-order valence-electron chi connectivity index (χ1n) is 7.59. The molecule has 7 heteroatoms. The molecule has 0 aliphatic carbocycles. The first kappa shape index (κ1) is 20.3. The molecule has 2 N–H and O–H groups in total. The van der Waals surface area contributed by atoms with Crippen LogP contribution in [-0.4, -0.2) is 35.1 Å². The Labute approximate surface area is 139 Å². The number of ether oxygens (including phenoxy) is 1. The van der Waals surface area contributed by atoms with Crippen LogP contribution in [0.3, 0.4) is 0 Å². The van der Waals surface area contributed by atoms with E-state index < -0.39 is 29.6 Å². The predicted molar refractivity (Wildman–Crippen MR) is 83.2 cm³/mol. The molecule has 24 heavy (non-hydrogen) atoms. The number of carboxylic acid groups (broad SMARTS) is 1. The van der Waals surface area contributed by atoms with Gasteiger partial charge in [-0.25, -0.2) is 4.79 Å². The van der Waals surface area contributed by atoms with E-state index in [1.165, 1.54) is 14.0 Å². The molecular formula is C17H23F3O4. The molecule has 136 valence electrons. The normalized spacial score (nSPS) is 17.0. The molecule has 0 saturated heterocycles. The Morgan fingerprint density at radius 2 is 1.88 bits per heavy atom. The van der Waals surface area contributed by atoms with Crippen LogP contribution in [-0.2, 0) is 10.2 Å². The zero-order valence-electron chi connectivity index (χ0n) is 14.2. The summed E-state index contributed by atoms with van der Waals surface area (Å²) in [6.45, 7) is 5.06. The lowest BCUT2D eigenvalue weighted by atomic mass is 9.70. The van der Waals surface area contributed by atoms with Crippen LogP contribution in [0.5, 0.6) is 5.75 Å². The largest absolute Gasteiger partial charge is 0.496 e. The third kappa shape index (κ3) is 3.66. The Kier molecular flexibility index (Phi) is 5.92. The predicted octanol–water partition coefficient (Wildman–Crippen LogP) is 3.83. The first-order chi connectivity index (χ1) is 10.9. The molecule has 0 radical (unpaired) electrons. The Bertz CT molecular complexity index is 600. The van der Waals surface area contributed by atoms with Crippen LogP contribution < -0.4 is 4.74 Å². The van der Waals surface area contributed by atoms with Crippen molar-refractivity contribution in [3.05, 3.63) is 29.3 Å². The number of aliphatic carboxylic acids is 1. The summed E-state index contributed by atoms with van der Waals surface area (Å²) in [5.74, 6) is -1.90. The molecule has 0 heterocycles. The average Bonchev–Trinajstić information content (AvgIpc) is 2.45. The van der Waals surface area contributed by atoms with Gasteiger partial charge in [0.15, 0.2) is 0 Å². The highest BCUT2D eigenvalue weighted by Gasteiger charge is 2.62. The first-order valence-corrected chi connectivity index (χ1v) is 7.59. The second kappa shape index (κ2) is 7.01. The number of hydrogen-bond acceptors (Lipinski definition) is 3. The van der Waals surface area contributed by atoms with Crippen LogP contribution in [0.2, 0.25) is 0 Å². The van der Waals surface area contributed by atoms with Crippen molar-refractivity contribution in [1.29, 1.82) is 0 Å². The maximum Gasteiger partial charge on any atom is 0.428 e. The second-order valence-corrected chi connectivity index (χ2v) is 6.31. The topological polar surface area (TPSA) is 66.8 Å². The van der Waals surface area contributed by atoms with Crippen LogP contribution >= 0.6 is 0 Å². The summed E-state index contributed by atoms with van der Waals surface area (Å²) in [4.78, 5) is 11.2. The van der Waals surface area contributed by atoms with Gasteiger partial charge >= 0.3 is 12.1 Å². The van der Waals surface area contributed by atoms with Crippen molar-refractivity contribution in [1.82, 2.24) is 0 Å². The molecular weight excluding hydrogens is 325 g/mol. The number of rotatable bonds is 7. The van der Waals surface area contributed by atoms with Crippen molar-refractivity contribution in [2.24, 2.45) is 0 Å². The van der Waals surface area contributed by atoms with Crippen LogP contribution in [0.1, 0.15) is 44.2 Å². The number of methoxy groups -OCH3 is 1. The fraction of sp³-hybridized carbons (Fsp3) is 0.588. The fourth-order valence-corrected chi connectivity index (χ4v) is 3.13. The highest BCUT2D eigenvalue weighted by molar-refractivity contribution is 5.78. The molecule has 0 spiro atoms. The number of halogens is 3. The van der Waals surface area contributed by atoms with Crippen LogP contribution in [0.15, 0.2) is 18.2 Å². The van der Waals surface area contributed by atoms with Gasteiger partial charge in [0.1, 0.15) is 5.75 Å². The summed E-state index contributed by atoms with van der Waals surface area (Å²) in [6.07, 6.45) is -5.50. The van der Waals surface area contributed by atoms with Crippen LogP contribution in [0, 0.1) is 6.92 Å². The van der Waals surface area contributed by atoms with Gasteiger partial charge in [0.25, 0.3) is 5.60 Å². The summed E-state index contributed by atoms with van der Waals surface area (Å²) in [7, 11) is 1.41. The van der Waals surface area contributed by atoms with Gasteiger partial charge in [-0.05, 0) is 24.3 Å². The molecule has 0 bridgehead atoms. The van der Waals surface area contributed by atoms with Crippen molar-refractivity contribution in [2.45, 2.75) is 57.2 Å². The van der Waals surface area contributed by atoms with E-state index in [0.29, 0.717) is 17.7 Å². The maximum atomic E-state index is 13.2. The van der Waals surface area contributed by atoms with Crippen molar-refractivity contribution in [2.75, 3.05) is 7.11 Å². The smallest absolute Gasteiger partial charge is 0.428 e. The van der Waals surface area contributed by atoms with E-state index in [1.807, 2.05) is 0 Å². The quantitative estimate of drug-likeness (QED) is 0.786. The Morgan fingerprint density at radius 3 is 2.29 bits per heavy atom. The Balaban J connectivity index is 3.51. The van der Waals surface area contributed by atoms with Gasteiger partial charge in [-0.1, -0.05) is 38.5 Å². The minimum absolute atomic E-state index is 0.262. The number of carboxylic acids is 1. The average molecular weight is 348 g/mol. The fourth-order valence-electron chi connectivity index (χ4n) is 3.13. The highest BCUT2D eigenvalue weighted by Crippen LogP contribution is 2.46. The van der Waals surface area contributed by atoms with Gasteiger partial charge in [0, 0.05) is 12.0 Å². The van der Waals surface area contributed by atoms with E-state index in [0.717, 1.165) is 5.56 Å². The van der Waals surface area contributed by atoms with Gasteiger partial charge in [-0.2, -0.15) is 13.2 Å². The molecule has 0 aromatic heterocycles. The number of carbonyl (C=O) groups is 1. The summed E-state index contributed by atoms with van der Waals surface area (Å²) in [5, 5.41) is 18.9. The number of aryl methyl sites for hydroxylation is 1. The monoisotopic (exact) mass is 348 g/mol. The molecule has 2 unspecified atom stereocenters. The van der Waals surface area contributed by atoms with Gasteiger partial charge in [-0.15, -0.1) is 0 Å². The molecule has 0 fully saturated rings.